The van der Waals surface area contributed by atoms with Crippen LogP contribution in [0.25, 0.3) is 22.0 Å². The van der Waals surface area contributed by atoms with Crippen molar-refractivity contribution in [2.75, 3.05) is 17.7 Å². The van der Waals surface area contributed by atoms with Crippen LogP contribution in [0.5, 0.6) is 11.5 Å². The van der Waals surface area contributed by atoms with Crippen LogP contribution >= 0.6 is 0 Å². The second-order valence-electron chi connectivity index (χ2n) is 9.42. The average molecular weight is 554 g/mol. The number of benzene rings is 2. The molecule has 41 heavy (non-hydrogen) atoms. The van der Waals surface area contributed by atoms with Crippen LogP contribution in [-0.2, 0) is 16.1 Å². The van der Waals surface area contributed by atoms with Crippen molar-refractivity contribution in [2.24, 2.45) is 0 Å². The van der Waals surface area contributed by atoms with Crippen molar-refractivity contribution in [1.29, 1.82) is 0 Å². The molecule has 0 amide bonds. The maximum absolute atomic E-state index is 15.1. The Hall–Kier alpha value is -5.25. The van der Waals surface area contributed by atoms with E-state index >= 15 is 4.39 Å². The topological polar surface area (TPSA) is 121 Å². The first-order chi connectivity index (χ1) is 19.7. The summed E-state index contributed by atoms with van der Waals surface area (Å²) < 4.78 is 27.7. The second kappa shape index (κ2) is 11.5. The van der Waals surface area contributed by atoms with Crippen molar-refractivity contribution in [3.05, 3.63) is 100 Å². The molecule has 3 aromatic heterocycles. The molecule has 0 saturated carbocycles. The van der Waals surface area contributed by atoms with E-state index < -0.39 is 11.8 Å². The van der Waals surface area contributed by atoms with Gasteiger partial charge in [-0.3, -0.25) is 9.59 Å². The number of fused-ring (bicyclic) bond motifs is 1. The molecule has 5 rings (SSSR count). The molecule has 0 aliphatic carbocycles. The van der Waals surface area contributed by atoms with E-state index in [0.29, 0.717) is 39.5 Å². The predicted molar refractivity (Wildman–Crippen MR) is 156 cm³/mol. The summed E-state index contributed by atoms with van der Waals surface area (Å²) in [5.74, 6) is -0.188. The van der Waals surface area contributed by atoms with E-state index in [9.17, 15) is 9.59 Å². The summed E-state index contributed by atoms with van der Waals surface area (Å²) in [5.41, 5.74) is 9.08. The fraction of sp³-hybridized carbons (Fsp3) is 0.161. The van der Waals surface area contributed by atoms with Gasteiger partial charge in [0, 0.05) is 41.5 Å². The molecule has 0 radical (unpaired) electrons. The van der Waals surface area contributed by atoms with Crippen molar-refractivity contribution in [3.63, 3.8) is 0 Å². The molecule has 0 bridgehead atoms. The molecule has 3 N–H and O–H groups in total. The van der Waals surface area contributed by atoms with Gasteiger partial charge in [-0.25, -0.2) is 14.4 Å². The van der Waals surface area contributed by atoms with Gasteiger partial charge >= 0.3 is 5.97 Å². The number of ether oxygens (including phenoxy) is 2. The molecule has 5 aromatic rings. The zero-order valence-corrected chi connectivity index (χ0v) is 22.8. The maximum atomic E-state index is 15.1. The summed E-state index contributed by atoms with van der Waals surface area (Å²) in [7, 11) is 0. The van der Waals surface area contributed by atoms with Crippen LogP contribution in [0.15, 0.2) is 78.0 Å². The maximum Gasteiger partial charge on any atom is 0.325 e. The van der Waals surface area contributed by atoms with Gasteiger partial charge < -0.3 is 25.1 Å². The van der Waals surface area contributed by atoms with E-state index in [1.807, 2.05) is 31.2 Å². The van der Waals surface area contributed by atoms with Crippen molar-refractivity contribution >= 4 is 34.2 Å². The molecular formula is C31H28FN5O4. The molecule has 3 heterocycles. The normalized spacial score (nSPS) is 10.9. The van der Waals surface area contributed by atoms with Gasteiger partial charge in [0.25, 0.3) is 0 Å². The van der Waals surface area contributed by atoms with Gasteiger partial charge in [0.15, 0.2) is 11.6 Å². The largest absolute Gasteiger partial charge is 0.465 e. The number of hydrogen-bond donors (Lipinski definition) is 2. The number of halogens is 1. The highest BCUT2D eigenvalue weighted by Gasteiger charge is 2.18. The third-order valence-corrected chi connectivity index (χ3v) is 6.57. The Kier molecular flexibility index (Phi) is 7.64. The summed E-state index contributed by atoms with van der Waals surface area (Å²) in [6, 6.07) is 15.1. The Labute approximate surface area is 235 Å². The highest BCUT2D eigenvalue weighted by molar-refractivity contribution is 5.94. The minimum atomic E-state index is -0.634. The summed E-state index contributed by atoms with van der Waals surface area (Å²) in [5, 5.41) is 3.32. The number of nitrogens with zero attached hydrogens (tertiary/aromatic N) is 3. The number of carbonyl (C=O) groups excluding carboxylic acids is 1. The molecule has 0 aliphatic heterocycles. The zero-order chi connectivity index (χ0) is 29.1. The van der Waals surface area contributed by atoms with Crippen LogP contribution in [0.3, 0.4) is 0 Å². The SMILES string of the molecule is CCOC(=O)Cn1cc(-c2ccc(C)cc2)c(=O)c2c(Nc3ccc(Oc4ccnc(N)c4C)c(F)c3)nccc21. The Balaban J connectivity index is 1.56. The van der Waals surface area contributed by atoms with Crippen molar-refractivity contribution in [2.45, 2.75) is 27.3 Å². The number of aryl methyl sites for hydroxylation is 1. The lowest BCUT2D eigenvalue weighted by molar-refractivity contribution is -0.143. The lowest BCUT2D eigenvalue weighted by Crippen LogP contribution is -2.19. The smallest absolute Gasteiger partial charge is 0.325 e. The summed E-state index contributed by atoms with van der Waals surface area (Å²) in [6.07, 6.45) is 4.65. The Bertz CT molecular complexity index is 1820. The molecule has 0 fully saturated rings. The first kappa shape index (κ1) is 27.3. The van der Waals surface area contributed by atoms with Crippen LogP contribution in [0, 0.1) is 19.7 Å². The molecule has 0 aliphatic rings. The number of anilines is 3. The van der Waals surface area contributed by atoms with Crippen LogP contribution in [0.2, 0.25) is 0 Å². The van der Waals surface area contributed by atoms with Gasteiger partial charge in [0.2, 0.25) is 5.43 Å². The van der Waals surface area contributed by atoms with Gasteiger partial charge in [0.05, 0.1) is 17.5 Å². The Morgan fingerprint density at radius 1 is 1.02 bits per heavy atom. The van der Waals surface area contributed by atoms with Crippen LogP contribution in [0.4, 0.5) is 21.7 Å². The predicted octanol–water partition coefficient (Wildman–Crippen LogP) is 5.90. The van der Waals surface area contributed by atoms with Crippen LogP contribution in [-0.4, -0.2) is 27.1 Å². The molecule has 10 heteroatoms. The van der Waals surface area contributed by atoms with Crippen LogP contribution < -0.4 is 21.2 Å². The van der Waals surface area contributed by atoms with E-state index in [1.54, 1.807) is 42.8 Å². The summed E-state index contributed by atoms with van der Waals surface area (Å²) in [6.45, 7) is 5.55. The molecule has 0 atom stereocenters. The zero-order valence-electron chi connectivity index (χ0n) is 22.8. The third-order valence-electron chi connectivity index (χ3n) is 6.57. The van der Waals surface area contributed by atoms with Gasteiger partial charge in [-0.15, -0.1) is 0 Å². The summed E-state index contributed by atoms with van der Waals surface area (Å²) in [4.78, 5) is 34.7. The van der Waals surface area contributed by atoms with Gasteiger partial charge in [-0.1, -0.05) is 29.8 Å². The number of nitrogens with two attached hydrogens (primary N) is 1. The van der Waals surface area contributed by atoms with Crippen molar-refractivity contribution in [3.8, 4) is 22.6 Å². The molecule has 0 unspecified atom stereocenters. The number of carbonyl (C=O) groups is 1. The van der Waals surface area contributed by atoms with Gasteiger partial charge in [-0.2, -0.15) is 0 Å². The molecule has 0 spiro atoms. The Morgan fingerprint density at radius 3 is 2.51 bits per heavy atom. The fourth-order valence-electron chi connectivity index (χ4n) is 4.40. The van der Waals surface area contributed by atoms with Gasteiger partial charge in [0.1, 0.15) is 23.9 Å². The minimum Gasteiger partial charge on any atom is -0.465 e. The lowest BCUT2D eigenvalue weighted by Gasteiger charge is -2.16. The molecule has 208 valence electrons. The number of nitrogens with one attached hydrogen (secondary N) is 1. The van der Waals surface area contributed by atoms with Crippen molar-refractivity contribution < 1.29 is 18.7 Å². The Morgan fingerprint density at radius 2 is 1.78 bits per heavy atom. The highest BCUT2D eigenvalue weighted by atomic mass is 19.1. The molecule has 9 nitrogen and oxygen atoms in total. The van der Waals surface area contributed by atoms with E-state index in [0.717, 1.165) is 5.56 Å². The standard InChI is InChI=1S/C31H28FN5O4/c1-4-40-27(38)17-37-16-22(20-7-5-18(2)6-8-20)29(39)28-24(37)11-13-35-31(28)36-21-9-10-26(23(32)15-21)41-25-12-14-34-30(33)19(25)3/h5-16H,4,17H2,1-3H3,(H2,33,34)(H,35,36). The van der Waals surface area contributed by atoms with Crippen LogP contribution in [0.1, 0.15) is 18.1 Å². The molecule has 0 saturated heterocycles. The fourth-order valence-corrected chi connectivity index (χ4v) is 4.40. The first-order valence-corrected chi connectivity index (χ1v) is 13.0. The number of nitrogen functional groups attached to an aromatic ring is 1. The minimum absolute atomic E-state index is 0.00595. The summed E-state index contributed by atoms with van der Waals surface area (Å²) >= 11 is 0. The lowest BCUT2D eigenvalue weighted by atomic mass is 10.0. The van der Waals surface area contributed by atoms with E-state index in [1.165, 1.54) is 24.5 Å². The van der Waals surface area contributed by atoms with Crippen molar-refractivity contribution in [1.82, 2.24) is 14.5 Å². The monoisotopic (exact) mass is 553 g/mol. The number of esters is 1. The third kappa shape index (κ3) is 5.72. The quantitative estimate of drug-likeness (QED) is 0.228. The number of aromatic nitrogens is 3. The number of hydrogen-bond acceptors (Lipinski definition) is 8. The number of pyridine rings is 3. The molecular weight excluding hydrogens is 525 g/mol. The average Bonchev–Trinajstić information content (AvgIpc) is 2.95. The second-order valence-corrected chi connectivity index (χ2v) is 9.42. The number of rotatable bonds is 8. The highest BCUT2D eigenvalue weighted by Crippen LogP contribution is 2.32. The molecule has 2 aromatic carbocycles. The van der Waals surface area contributed by atoms with Gasteiger partial charge in [-0.05, 0) is 50.6 Å². The van der Waals surface area contributed by atoms with E-state index in [-0.39, 0.29) is 35.5 Å². The van der Waals surface area contributed by atoms with E-state index in [4.69, 9.17) is 15.2 Å². The first-order valence-electron chi connectivity index (χ1n) is 13.0. The van der Waals surface area contributed by atoms with E-state index in [2.05, 4.69) is 15.3 Å².